The topological polar surface area (TPSA) is 69.2 Å². The number of benzene rings is 1. The van der Waals surface area contributed by atoms with Gasteiger partial charge < -0.3 is 5.11 Å². The number of nitrogens with zero attached hydrogens (tertiary/aromatic N) is 2. The van der Waals surface area contributed by atoms with Gasteiger partial charge >= 0.3 is 5.97 Å². The summed E-state index contributed by atoms with van der Waals surface area (Å²) in [4.78, 5) is 13.3. The molecule has 0 aliphatic carbocycles. The van der Waals surface area contributed by atoms with Crippen LogP contribution in [0.4, 0.5) is 0 Å². The Hall–Kier alpha value is -2.14. The summed E-state index contributed by atoms with van der Waals surface area (Å²) in [6, 6.07) is 9.57. The third-order valence-electron chi connectivity index (χ3n) is 4.08. The van der Waals surface area contributed by atoms with Crippen molar-refractivity contribution in [2.75, 3.05) is 6.54 Å². The van der Waals surface area contributed by atoms with Crippen LogP contribution in [0.3, 0.4) is 0 Å². The number of hydrogen-bond acceptors (Lipinski definition) is 3. The van der Waals surface area contributed by atoms with E-state index >= 15 is 0 Å². The molecular formula is C16H19N3O2. The van der Waals surface area contributed by atoms with Gasteiger partial charge in [0.15, 0.2) is 0 Å². The van der Waals surface area contributed by atoms with Crippen LogP contribution >= 0.6 is 0 Å². The first kappa shape index (κ1) is 13.8. The van der Waals surface area contributed by atoms with Crippen molar-refractivity contribution in [3.05, 3.63) is 53.3 Å². The van der Waals surface area contributed by atoms with E-state index in [0.29, 0.717) is 11.6 Å². The maximum atomic E-state index is 10.9. The summed E-state index contributed by atoms with van der Waals surface area (Å²) in [6.07, 6.45) is 5.37. The van der Waals surface area contributed by atoms with Crippen molar-refractivity contribution in [2.24, 2.45) is 0 Å². The number of piperidine rings is 1. The molecule has 1 aromatic heterocycles. The first-order valence-electron chi connectivity index (χ1n) is 7.29. The Balaban J connectivity index is 1.74. The summed E-state index contributed by atoms with van der Waals surface area (Å²) in [5, 5.41) is 16.1. The first-order valence-corrected chi connectivity index (χ1v) is 7.29. The first-order chi connectivity index (χ1) is 10.2. The average Bonchev–Trinajstić information content (AvgIpc) is 3.02. The summed E-state index contributed by atoms with van der Waals surface area (Å²) in [5.41, 5.74) is 2.64. The zero-order valence-electron chi connectivity index (χ0n) is 11.8. The molecule has 1 aliphatic rings. The van der Waals surface area contributed by atoms with E-state index in [2.05, 4.69) is 15.1 Å². The van der Waals surface area contributed by atoms with Crippen molar-refractivity contribution in [1.29, 1.82) is 0 Å². The van der Waals surface area contributed by atoms with Crippen LogP contribution in [0.1, 0.15) is 46.9 Å². The number of carboxylic acids is 1. The lowest BCUT2D eigenvalue weighted by atomic mass is 9.98. The molecule has 5 heteroatoms. The van der Waals surface area contributed by atoms with Crippen molar-refractivity contribution >= 4 is 5.97 Å². The van der Waals surface area contributed by atoms with E-state index in [9.17, 15) is 4.79 Å². The minimum Gasteiger partial charge on any atom is -0.478 e. The summed E-state index contributed by atoms with van der Waals surface area (Å²) in [6.45, 7) is 1.90. The highest BCUT2D eigenvalue weighted by Gasteiger charge is 2.24. The standard InChI is InChI=1S/C16H19N3O2/c20-16(21)13-6-4-12(5-7-13)11-19-10-2-1-3-15(19)14-8-9-17-18-14/h4-9,15H,1-3,10-11H2,(H,17,18)(H,20,21)/t15-/m0/s1. The third kappa shape index (κ3) is 3.13. The second-order valence-corrected chi connectivity index (χ2v) is 5.50. The number of carboxylic acid groups (broad SMARTS) is 1. The van der Waals surface area contributed by atoms with Crippen LogP contribution in [0.2, 0.25) is 0 Å². The van der Waals surface area contributed by atoms with Crippen LogP contribution in [0.25, 0.3) is 0 Å². The molecule has 3 rings (SSSR count). The Morgan fingerprint density at radius 2 is 2.10 bits per heavy atom. The molecule has 0 spiro atoms. The number of likely N-dealkylation sites (tertiary alicyclic amines) is 1. The lowest BCUT2D eigenvalue weighted by Crippen LogP contribution is -2.33. The van der Waals surface area contributed by atoms with Crippen LogP contribution in [0, 0.1) is 0 Å². The number of H-pyrrole nitrogens is 1. The van der Waals surface area contributed by atoms with E-state index in [1.165, 1.54) is 12.8 Å². The molecule has 1 aliphatic heterocycles. The lowest BCUT2D eigenvalue weighted by molar-refractivity contribution is 0.0697. The fourth-order valence-electron chi connectivity index (χ4n) is 2.97. The second kappa shape index (κ2) is 6.10. The Morgan fingerprint density at radius 1 is 1.29 bits per heavy atom. The minimum absolute atomic E-state index is 0.336. The summed E-state index contributed by atoms with van der Waals surface area (Å²) in [7, 11) is 0. The van der Waals surface area contributed by atoms with E-state index in [0.717, 1.165) is 30.8 Å². The highest BCUT2D eigenvalue weighted by atomic mass is 16.4. The van der Waals surface area contributed by atoms with Crippen LogP contribution in [-0.4, -0.2) is 32.7 Å². The molecule has 2 aromatic rings. The highest BCUT2D eigenvalue weighted by molar-refractivity contribution is 5.87. The molecule has 0 unspecified atom stereocenters. The van der Waals surface area contributed by atoms with E-state index in [1.54, 1.807) is 18.3 Å². The maximum absolute atomic E-state index is 10.9. The SMILES string of the molecule is O=C(O)c1ccc(CN2CCCC[C@H]2c2ccn[nH]2)cc1. The number of hydrogen-bond donors (Lipinski definition) is 2. The zero-order valence-corrected chi connectivity index (χ0v) is 11.8. The van der Waals surface area contributed by atoms with Gasteiger partial charge in [0.25, 0.3) is 0 Å². The molecule has 0 saturated carbocycles. The largest absolute Gasteiger partial charge is 0.478 e. The Kier molecular flexibility index (Phi) is 4.01. The van der Waals surface area contributed by atoms with Crippen LogP contribution in [0.5, 0.6) is 0 Å². The fourth-order valence-corrected chi connectivity index (χ4v) is 2.97. The normalized spacial score (nSPS) is 19.5. The van der Waals surface area contributed by atoms with Gasteiger partial charge in [0, 0.05) is 12.7 Å². The fraction of sp³-hybridized carbons (Fsp3) is 0.375. The van der Waals surface area contributed by atoms with Crippen molar-refractivity contribution < 1.29 is 9.90 Å². The Bertz CT molecular complexity index is 592. The smallest absolute Gasteiger partial charge is 0.335 e. The molecular weight excluding hydrogens is 266 g/mol. The monoisotopic (exact) mass is 285 g/mol. The Labute approximate surface area is 123 Å². The van der Waals surface area contributed by atoms with Crippen LogP contribution < -0.4 is 0 Å². The van der Waals surface area contributed by atoms with Gasteiger partial charge in [-0.05, 0) is 43.1 Å². The molecule has 1 atom stereocenters. The summed E-state index contributed by atoms with van der Waals surface area (Å²) < 4.78 is 0. The van der Waals surface area contributed by atoms with Crippen LogP contribution in [0.15, 0.2) is 36.5 Å². The van der Waals surface area contributed by atoms with E-state index in [1.807, 2.05) is 18.2 Å². The number of carbonyl (C=O) groups is 1. The van der Waals surface area contributed by atoms with Crippen molar-refractivity contribution in [3.8, 4) is 0 Å². The zero-order chi connectivity index (χ0) is 14.7. The molecule has 2 N–H and O–H groups in total. The lowest BCUT2D eigenvalue weighted by Gasteiger charge is -2.35. The molecule has 5 nitrogen and oxygen atoms in total. The molecule has 1 fully saturated rings. The average molecular weight is 285 g/mol. The van der Waals surface area contributed by atoms with Crippen molar-refractivity contribution in [2.45, 2.75) is 31.8 Å². The number of aromatic carboxylic acids is 1. The molecule has 0 bridgehead atoms. The van der Waals surface area contributed by atoms with Gasteiger partial charge in [-0.25, -0.2) is 4.79 Å². The minimum atomic E-state index is -0.880. The molecule has 0 amide bonds. The Morgan fingerprint density at radius 3 is 2.76 bits per heavy atom. The quantitative estimate of drug-likeness (QED) is 0.906. The van der Waals surface area contributed by atoms with Crippen LogP contribution in [-0.2, 0) is 6.54 Å². The second-order valence-electron chi connectivity index (χ2n) is 5.50. The van der Waals surface area contributed by atoms with Gasteiger partial charge in [-0.15, -0.1) is 0 Å². The van der Waals surface area contributed by atoms with Gasteiger partial charge in [-0.2, -0.15) is 5.10 Å². The van der Waals surface area contributed by atoms with Crippen molar-refractivity contribution in [1.82, 2.24) is 15.1 Å². The van der Waals surface area contributed by atoms with Crippen molar-refractivity contribution in [3.63, 3.8) is 0 Å². The van der Waals surface area contributed by atoms with Gasteiger partial charge in [0.05, 0.1) is 17.3 Å². The van der Waals surface area contributed by atoms with Gasteiger partial charge in [-0.1, -0.05) is 18.6 Å². The van der Waals surface area contributed by atoms with Gasteiger partial charge in [-0.3, -0.25) is 10.00 Å². The number of nitrogens with one attached hydrogen (secondary N) is 1. The molecule has 21 heavy (non-hydrogen) atoms. The number of rotatable bonds is 4. The predicted molar refractivity (Wildman–Crippen MR) is 79.0 cm³/mol. The molecule has 1 aromatic carbocycles. The summed E-state index contributed by atoms with van der Waals surface area (Å²) in [5.74, 6) is -0.880. The predicted octanol–water partition coefficient (Wildman–Crippen LogP) is 2.84. The molecule has 110 valence electrons. The summed E-state index contributed by atoms with van der Waals surface area (Å²) >= 11 is 0. The number of aromatic nitrogens is 2. The van der Waals surface area contributed by atoms with Gasteiger partial charge in [0.2, 0.25) is 0 Å². The third-order valence-corrected chi connectivity index (χ3v) is 4.08. The molecule has 0 radical (unpaired) electrons. The highest BCUT2D eigenvalue weighted by Crippen LogP contribution is 2.30. The van der Waals surface area contributed by atoms with E-state index in [4.69, 9.17) is 5.11 Å². The number of aromatic amines is 1. The molecule has 1 saturated heterocycles. The van der Waals surface area contributed by atoms with E-state index in [-0.39, 0.29) is 0 Å². The molecule has 2 heterocycles. The van der Waals surface area contributed by atoms with E-state index < -0.39 is 5.97 Å². The van der Waals surface area contributed by atoms with Gasteiger partial charge in [0.1, 0.15) is 0 Å². The maximum Gasteiger partial charge on any atom is 0.335 e.